The van der Waals surface area contributed by atoms with E-state index in [1.165, 1.54) is 16.9 Å². The molecule has 1 atom stereocenters. The minimum atomic E-state index is -0.779. The first kappa shape index (κ1) is 20.7. The predicted octanol–water partition coefficient (Wildman–Crippen LogP) is 1.45. The summed E-state index contributed by atoms with van der Waals surface area (Å²) in [7, 11) is 1.59. The summed E-state index contributed by atoms with van der Waals surface area (Å²) in [4.78, 5) is 38.0. The molecule has 8 nitrogen and oxygen atoms in total. The van der Waals surface area contributed by atoms with Crippen molar-refractivity contribution in [3.8, 4) is 5.69 Å². The average molecular weight is 429 g/mol. The Kier molecular flexibility index (Phi) is 5.30. The third kappa shape index (κ3) is 3.80. The maximum atomic E-state index is 14.2. The minimum absolute atomic E-state index is 0.135. The van der Waals surface area contributed by atoms with E-state index in [1.54, 1.807) is 18.5 Å². The third-order valence-corrected chi connectivity index (χ3v) is 5.53. The second-order valence-corrected chi connectivity index (χ2v) is 7.62. The zero-order valence-corrected chi connectivity index (χ0v) is 17.1. The van der Waals surface area contributed by atoms with Crippen molar-refractivity contribution >= 4 is 5.91 Å². The van der Waals surface area contributed by atoms with Crippen molar-refractivity contribution in [2.75, 3.05) is 0 Å². The summed E-state index contributed by atoms with van der Waals surface area (Å²) in [5, 5.41) is 7.06. The molecule has 162 valence electrons. The molecular formula is C21H21F2N5O3. The Morgan fingerprint density at radius 2 is 1.97 bits per heavy atom. The van der Waals surface area contributed by atoms with Crippen LogP contribution in [0.15, 0.2) is 40.1 Å². The van der Waals surface area contributed by atoms with Gasteiger partial charge in [0.25, 0.3) is 11.5 Å². The van der Waals surface area contributed by atoms with Crippen molar-refractivity contribution in [1.29, 1.82) is 0 Å². The largest absolute Gasteiger partial charge is 0.349 e. The van der Waals surface area contributed by atoms with Crippen LogP contribution in [0.1, 0.15) is 34.6 Å². The molecule has 1 N–H and O–H groups in total. The first-order valence-electron chi connectivity index (χ1n) is 9.87. The molecule has 0 radical (unpaired) electrons. The Morgan fingerprint density at radius 1 is 1.19 bits per heavy atom. The second kappa shape index (κ2) is 7.93. The van der Waals surface area contributed by atoms with E-state index in [0.29, 0.717) is 37.2 Å². The van der Waals surface area contributed by atoms with Crippen LogP contribution in [0.2, 0.25) is 0 Å². The Hall–Kier alpha value is -3.56. The lowest BCUT2D eigenvalue weighted by Crippen LogP contribution is -2.40. The van der Waals surface area contributed by atoms with Crippen LogP contribution >= 0.6 is 0 Å². The zero-order valence-electron chi connectivity index (χ0n) is 17.1. The number of aryl methyl sites for hydroxylation is 3. The standard InChI is InChI=1S/C21H21F2N5O3/c1-12-7-9-27(16-11-13(22)3-5-15(16)23)20(30)18(12)19(29)24-14-4-6-17-25-26(2)21(31)28(17)10-8-14/h3,5,7,9,11,14H,4,6,8,10H2,1-2H3,(H,24,29). The van der Waals surface area contributed by atoms with E-state index < -0.39 is 23.1 Å². The first-order valence-corrected chi connectivity index (χ1v) is 9.87. The van der Waals surface area contributed by atoms with Gasteiger partial charge in [-0.05, 0) is 43.5 Å². The van der Waals surface area contributed by atoms with Gasteiger partial charge in [0.15, 0.2) is 0 Å². The first-order chi connectivity index (χ1) is 14.8. The average Bonchev–Trinajstić information content (AvgIpc) is 2.87. The molecule has 1 aliphatic heterocycles. The van der Waals surface area contributed by atoms with Crippen LogP contribution in [0.25, 0.3) is 5.69 Å². The quantitative estimate of drug-likeness (QED) is 0.683. The number of amides is 1. The van der Waals surface area contributed by atoms with Crippen LogP contribution in [0.4, 0.5) is 8.78 Å². The predicted molar refractivity (Wildman–Crippen MR) is 108 cm³/mol. The number of nitrogens with one attached hydrogen (secondary N) is 1. The molecule has 3 heterocycles. The summed E-state index contributed by atoms with van der Waals surface area (Å²) in [6.45, 7) is 2.01. The SMILES string of the molecule is Cc1ccn(-c2cc(F)ccc2F)c(=O)c1C(=O)NC1CCc2nn(C)c(=O)n2CC1. The minimum Gasteiger partial charge on any atom is -0.349 e. The number of carbonyl (C=O) groups excluding carboxylic acids is 1. The second-order valence-electron chi connectivity index (χ2n) is 7.62. The number of fused-ring (bicyclic) bond motifs is 1. The van der Waals surface area contributed by atoms with Crippen LogP contribution in [-0.4, -0.2) is 30.9 Å². The van der Waals surface area contributed by atoms with Gasteiger partial charge in [-0.2, -0.15) is 5.10 Å². The molecule has 0 fully saturated rings. The molecule has 10 heteroatoms. The molecule has 1 amide bonds. The summed E-state index contributed by atoms with van der Waals surface area (Å²) in [5.74, 6) is -1.41. The molecule has 3 aromatic rings. The number of benzene rings is 1. The van der Waals surface area contributed by atoms with Gasteiger partial charge < -0.3 is 5.32 Å². The third-order valence-electron chi connectivity index (χ3n) is 5.53. The van der Waals surface area contributed by atoms with Gasteiger partial charge in [-0.1, -0.05) is 0 Å². The highest BCUT2D eigenvalue weighted by Gasteiger charge is 2.24. The van der Waals surface area contributed by atoms with E-state index in [-0.39, 0.29) is 23.0 Å². The van der Waals surface area contributed by atoms with Crippen molar-refractivity contribution < 1.29 is 13.6 Å². The Bertz CT molecular complexity index is 1290. The van der Waals surface area contributed by atoms with Gasteiger partial charge in [0, 0.05) is 38.3 Å². The number of carbonyl (C=O) groups is 1. The summed E-state index contributed by atoms with van der Waals surface area (Å²) < 4.78 is 31.6. The van der Waals surface area contributed by atoms with E-state index in [9.17, 15) is 23.2 Å². The topological polar surface area (TPSA) is 90.9 Å². The van der Waals surface area contributed by atoms with E-state index in [4.69, 9.17) is 0 Å². The number of aromatic nitrogens is 4. The summed E-state index contributed by atoms with van der Waals surface area (Å²) >= 11 is 0. The van der Waals surface area contributed by atoms with Crippen molar-refractivity contribution in [3.63, 3.8) is 0 Å². The molecule has 1 unspecified atom stereocenters. The zero-order chi connectivity index (χ0) is 22.3. The maximum absolute atomic E-state index is 14.2. The molecule has 0 bridgehead atoms. The molecule has 31 heavy (non-hydrogen) atoms. The summed E-state index contributed by atoms with van der Waals surface area (Å²) in [6.07, 6.45) is 2.88. The normalized spacial score (nSPS) is 15.9. The van der Waals surface area contributed by atoms with Crippen molar-refractivity contribution in [3.05, 3.63) is 79.9 Å². The van der Waals surface area contributed by atoms with Crippen molar-refractivity contribution in [1.82, 2.24) is 24.2 Å². The molecule has 0 saturated heterocycles. The smallest absolute Gasteiger partial charge is 0.345 e. The van der Waals surface area contributed by atoms with Gasteiger partial charge in [-0.15, -0.1) is 0 Å². The molecule has 0 spiro atoms. The van der Waals surface area contributed by atoms with Gasteiger partial charge in [0.1, 0.15) is 23.0 Å². The van der Waals surface area contributed by atoms with E-state index in [1.807, 2.05) is 0 Å². The van der Waals surface area contributed by atoms with E-state index >= 15 is 0 Å². The Balaban J connectivity index is 1.60. The molecule has 2 aromatic heterocycles. The Labute approximate surface area is 175 Å². The van der Waals surface area contributed by atoms with Crippen LogP contribution in [0.5, 0.6) is 0 Å². The summed E-state index contributed by atoms with van der Waals surface area (Å²) in [6, 6.07) is 4.03. The fraction of sp³-hybridized carbons (Fsp3) is 0.333. The molecule has 1 aliphatic rings. The Morgan fingerprint density at radius 3 is 2.74 bits per heavy atom. The highest BCUT2D eigenvalue weighted by molar-refractivity contribution is 5.95. The molecular weight excluding hydrogens is 408 g/mol. The van der Waals surface area contributed by atoms with Crippen molar-refractivity contribution in [2.45, 2.75) is 38.8 Å². The van der Waals surface area contributed by atoms with Crippen LogP contribution < -0.4 is 16.6 Å². The van der Waals surface area contributed by atoms with E-state index in [0.717, 1.165) is 22.8 Å². The molecule has 0 saturated carbocycles. The molecule has 0 aliphatic carbocycles. The lowest BCUT2D eigenvalue weighted by Gasteiger charge is -2.17. The molecule has 1 aromatic carbocycles. The lowest BCUT2D eigenvalue weighted by atomic mass is 10.1. The van der Waals surface area contributed by atoms with Crippen LogP contribution in [0.3, 0.4) is 0 Å². The number of pyridine rings is 1. The maximum Gasteiger partial charge on any atom is 0.345 e. The van der Waals surface area contributed by atoms with Gasteiger partial charge >= 0.3 is 5.69 Å². The van der Waals surface area contributed by atoms with Crippen LogP contribution in [-0.2, 0) is 20.0 Å². The highest BCUT2D eigenvalue weighted by Crippen LogP contribution is 2.16. The fourth-order valence-corrected chi connectivity index (χ4v) is 3.86. The summed E-state index contributed by atoms with van der Waals surface area (Å²) in [5.41, 5.74) is -0.928. The van der Waals surface area contributed by atoms with Crippen LogP contribution in [0, 0.1) is 18.6 Å². The fourth-order valence-electron chi connectivity index (χ4n) is 3.86. The number of hydrogen-bond donors (Lipinski definition) is 1. The number of nitrogens with zero attached hydrogens (tertiary/aromatic N) is 4. The van der Waals surface area contributed by atoms with Gasteiger partial charge in [0.2, 0.25) is 0 Å². The monoisotopic (exact) mass is 429 g/mol. The molecule has 4 rings (SSSR count). The lowest BCUT2D eigenvalue weighted by molar-refractivity contribution is 0.0930. The van der Waals surface area contributed by atoms with Gasteiger partial charge in [0.05, 0.1) is 5.69 Å². The van der Waals surface area contributed by atoms with Crippen molar-refractivity contribution in [2.24, 2.45) is 7.05 Å². The van der Waals surface area contributed by atoms with Gasteiger partial charge in [-0.25, -0.2) is 18.3 Å². The van der Waals surface area contributed by atoms with E-state index in [2.05, 4.69) is 10.4 Å². The number of hydrogen-bond acceptors (Lipinski definition) is 4. The number of halogens is 2. The highest BCUT2D eigenvalue weighted by atomic mass is 19.1. The number of rotatable bonds is 3. The van der Waals surface area contributed by atoms with Gasteiger partial charge in [-0.3, -0.25) is 18.7 Å².